The molecule has 1 aliphatic rings. The van der Waals surface area contributed by atoms with Gasteiger partial charge in [-0.1, -0.05) is 58.3 Å². The van der Waals surface area contributed by atoms with Crippen LogP contribution in [-0.4, -0.2) is 63.9 Å². The summed E-state index contributed by atoms with van der Waals surface area (Å²) in [5.74, 6) is -0.723. The molecule has 1 fully saturated rings. The van der Waals surface area contributed by atoms with E-state index in [9.17, 15) is 9.90 Å². The number of hydrogen-bond donors (Lipinski definition) is 1. The summed E-state index contributed by atoms with van der Waals surface area (Å²) in [5, 5.41) is 9.98. The fraction of sp³-hybridized carbons (Fsp3) is 0.955. The Morgan fingerprint density at radius 3 is 1.50 bits per heavy atom. The van der Waals surface area contributed by atoms with E-state index < -0.39 is 11.4 Å². The second-order valence-electron chi connectivity index (χ2n) is 7.76. The summed E-state index contributed by atoms with van der Waals surface area (Å²) in [6.07, 6.45) is 11.4. The first-order valence-corrected chi connectivity index (χ1v) is 11.3. The van der Waals surface area contributed by atoms with Gasteiger partial charge in [-0.15, -0.1) is 0 Å². The van der Waals surface area contributed by atoms with Crippen LogP contribution in [0.3, 0.4) is 0 Å². The Morgan fingerprint density at radius 1 is 0.679 bits per heavy atom. The fourth-order valence-corrected chi connectivity index (χ4v) is 3.59. The fourth-order valence-electron chi connectivity index (χ4n) is 3.59. The molecule has 6 heteroatoms. The predicted molar refractivity (Wildman–Crippen MR) is 110 cm³/mol. The third-order valence-corrected chi connectivity index (χ3v) is 5.53. The van der Waals surface area contributed by atoms with Crippen LogP contribution in [0.15, 0.2) is 0 Å². The second kappa shape index (κ2) is 17.2. The zero-order chi connectivity index (χ0) is 20.3. The van der Waals surface area contributed by atoms with Gasteiger partial charge >= 0.3 is 5.97 Å². The lowest BCUT2D eigenvalue weighted by molar-refractivity contribution is -0.152. The molecule has 0 aliphatic carbocycles. The molecule has 28 heavy (non-hydrogen) atoms. The van der Waals surface area contributed by atoms with E-state index in [1.807, 2.05) is 0 Å². The number of carboxylic acids is 1. The Kier molecular flexibility index (Phi) is 15.6. The molecule has 0 amide bonds. The second-order valence-corrected chi connectivity index (χ2v) is 7.76. The van der Waals surface area contributed by atoms with E-state index in [-0.39, 0.29) is 0 Å². The summed E-state index contributed by atoms with van der Waals surface area (Å²) < 4.78 is 22.1. The Balaban J connectivity index is 2.44. The average molecular weight is 403 g/mol. The molecule has 0 aromatic heterocycles. The van der Waals surface area contributed by atoms with Crippen molar-refractivity contribution in [2.75, 3.05) is 52.9 Å². The molecule has 0 unspecified atom stereocenters. The lowest BCUT2D eigenvalue weighted by Gasteiger charge is -2.29. The molecule has 1 saturated heterocycles. The first-order chi connectivity index (χ1) is 13.7. The molecule has 0 aromatic carbocycles. The molecule has 0 aromatic rings. The van der Waals surface area contributed by atoms with Gasteiger partial charge in [-0.2, -0.15) is 0 Å². The van der Waals surface area contributed by atoms with Crippen molar-refractivity contribution in [3.8, 4) is 0 Å². The Morgan fingerprint density at radius 2 is 1.07 bits per heavy atom. The summed E-state index contributed by atoms with van der Waals surface area (Å²) in [5.41, 5.74) is -0.760. The predicted octanol–water partition coefficient (Wildman–Crippen LogP) is 4.45. The van der Waals surface area contributed by atoms with Crippen molar-refractivity contribution >= 4 is 5.97 Å². The molecule has 166 valence electrons. The third kappa shape index (κ3) is 12.0. The van der Waals surface area contributed by atoms with Crippen molar-refractivity contribution in [1.82, 2.24) is 0 Å². The van der Waals surface area contributed by atoms with Crippen LogP contribution >= 0.6 is 0 Å². The first kappa shape index (κ1) is 25.3. The van der Waals surface area contributed by atoms with Gasteiger partial charge < -0.3 is 24.1 Å². The minimum Gasteiger partial charge on any atom is -0.481 e. The van der Waals surface area contributed by atoms with Crippen molar-refractivity contribution in [2.45, 2.75) is 77.6 Å². The third-order valence-electron chi connectivity index (χ3n) is 5.53. The van der Waals surface area contributed by atoms with Gasteiger partial charge in [-0.25, -0.2) is 0 Å². The maximum Gasteiger partial charge on any atom is 0.309 e. The van der Waals surface area contributed by atoms with E-state index >= 15 is 0 Å². The Hall–Kier alpha value is -0.690. The quantitative estimate of drug-likeness (QED) is 0.544. The zero-order valence-corrected chi connectivity index (χ0v) is 17.9. The largest absolute Gasteiger partial charge is 0.481 e. The maximum absolute atomic E-state index is 12.1. The smallest absolute Gasteiger partial charge is 0.309 e. The summed E-state index contributed by atoms with van der Waals surface area (Å²) >= 11 is 0. The minimum atomic E-state index is -0.760. The van der Waals surface area contributed by atoms with Crippen LogP contribution in [0.5, 0.6) is 0 Å². The van der Waals surface area contributed by atoms with Crippen molar-refractivity contribution in [3.05, 3.63) is 0 Å². The van der Waals surface area contributed by atoms with E-state index in [4.69, 9.17) is 18.9 Å². The molecule has 0 saturated carbocycles. The number of carbonyl (C=O) groups is 1. The molecular formula is C22H42O6. The number of rotatable bonds is 10. The Bertz CT molecular complexity index is 358. The summed E-state index contributed by atoms with van der Waals surface area (Å²) in [6, 6.07) is 0. The van der Waals surface area contributed by atoms with Gasteiger partial charge in [0.15, 0.2) is 0 Å². The van der Waals surface area contributed by atoms with E-state index in [0.29, 0.717) is 72.1 Å². The summed E-state index contributed by atoms with van der Waals surface area (Å²) in [4.78, 5) is 12.1. The molecule has 0 atom stereocenters. The Labute approximate surface area is 171 Å². The van der Waals surface area contributed by atoms with E-state index in [1.54, 1.807) is 0 Å². The highest BCUT2D eigenvalue weighted by Crippen LogP contribution is 2.34. The van der Waals surface area contributed by atoms with Crippen LogP contribution < -0.4 is 0 Å². The lowest BCUT2D eigenvalue weighted by Crippen LogP contribution is -2.34. The van der Waals surface area contributed by atoms with Crippen molar-refractivity contribution in [1.29, 1.82) is 0 Å². The van der Waals surface area contributed by atoms with Crippen molar-refractivity contribution < 1.29 is 28.8 Å². The van der Waals surface area contributed by atoms with Gasteiger partial charge in [0, 0.05) is 13.2 Å². The van der Waals surface area contributed by atoms with Gasteiger partial charge in [-0.05, 0) is 19.3 Å². The highest BCUT2D eigenvalue weighted by Gasteiger charge is 2.37. The monoisotopic (exact) mass is 402 g/mol. The van der Waals surface area contributed by atoms with Gasteiger partial charge in [-0.3, -0.25) is 4.79 Å². The zero-order valence-electron chi connectivity index (χ0n) is 17.9. The number of hydrogen-bond acceptors (Lipinski definition) is 5. The number of ether oxygens (including phenoxy) is 4. The molecule has 1 heterocycles. The summed E-state index contributed by atoms with van der Waals surface area (Å²) in [6.45, 7) is 6.21. The van der Waals surface area contributed by atoms with Crippen LogP contribution in [-0.2, 0) is 23.7 Å². The molecule has 1 aliphatic heterocycles. The lowest BCUT2D eigenvalue weighted by atomic mass is 9.77. The van der Waals surface area contributed by atoms with E-state index in [0.717, 1.165) is 12.8 Å². The minimum absolute atomic E-state index is 0.448. The molecule has 0 spiro atoms. The molecule has 1 rings (SSSR count). The van der Waals surface area contributed by atoms with Crippen LogP contribution in [0.2, 0.25) is 0 Å². The number of carboxylic acid groups (broad SMARTS) is 1. The SMILES string of the molecule is CCCCCCCCCCC1(C(=O)O)CCOCCOCCOCCOCC1. The van der Waals surface area contributed by atoms with Gasteiger partial charge in [0.2, 0.25) is 0 Å². The topological polar surface area (TPSA) is 74.2 Å². The van der Waals surface area contributed by atoms with Crippen LogP contribution in [0.25, 0.3) is 0 Å². The van der Waals surface area contributed by atoms with Gasteiger partial charge in [0.1, 0.15) is 0 Å². The average Bonchev–Trinajstić information content (AvgIpc) is 2.69. The molecule has 0 radical (unpaired) electrons. The van der Waals surface area contributed by atoms with Crippen LogP contribution in [0.4, 0.5) is 0 Å². The van der Waals surface area contributed by atoms with E-state index in [1.165, 1.54) is 38.5 Å². The molecule has 1 N–H and O–H groups in total. The molecule has 6 nitrogen and oxygen atoms in total. The molecule has 0 bridgehead atoms. The first-order valence-electron chi connectivity index (χ1n) is 11.3. The highest BCUT2D eigenvalue weighted by atomic mass is 16.6. The normalized spacial score (nSPS) is 20.2. The number of unbranched alkanes of at least 4 members (excludes halogenated alkanes) is 7. The summed E-state index contributed by atoms with van der Waals surface area (Å²) in [7, 11) is 0. The standard InChI is InChI=1S/C22H42O6/c1-2-3-4-5-6-7-8-9-10-22(21(23)24)11-13-25-15-17-27-19-20-28-18-16-26-14-12-22/h2-20H2,1H3,(H,23,24). The van der Waals surface area contributed by atoms with Crippen LogP contribution in [0.1, 0.15) is 77.6 Å². The molecular weight excluding hydrogens is 360 g/mol. The van der Waals surface area contributed by atoms with Crippen molar-refractivity contribution in [3.63, 3.8) is 0 Å². The van der Waals surface area contributed by atoms with Crippen molar-refractivity contribution in [2.24, 2.45) is 5.41 Å². The maximum atomic E-state index is 12.1. The number of aliphatic carboxylic acids is 1. The van der Waals surface area contributed by atoms with Gasteiger partial charge in [0.05, 0.1) is 45.1 Å². The van der Waals surface area contributed by atoms with E-state index in [2.05, 4.69) is 6.92 Å². The highest BCUT2D eigenvalue weighted by molar-refractivity contribution is 5.74. The van der Waals surface area contributed by atoms with Crippen LogP contribution in [0, 0.1) is 5.41 Å². The van der Waals surface area contributed by atoms with Gasteiger partial charge in [0.25, 0.3) is 0 Å².